The molecule has 56 heavy (non-hydrogen) atoms. The molecule has 25 nitrogen and oxygen atoms in total. The van der Waals surface area contributed by atoms with E-state index in [4.69, 9.17) is 47.7 Å². The Morgan fingerprint density at radius 2 is 0.893 bits per heavy atom. The van der Waals surface area contributed by atoms with Gasteiger partial charge in [0.05, 0.1) is 37.6 Å². The van der Waals surface area contributed by atoms with Gasteiger partial charge in [-0.1, -0.05) is 0 Å². The number of hydrogen-bond donors (Lipinski definition) is 15. The molecule has 0 aromatic rings. The molecule has 0 unspecified atom stereocenters. The van der Waals surface area contributed by atoms with Crippen molar-refractivity contribution in [3.05, 3.63) is 0 Å². The molecule has 26 heteroatoms. The number of phosphoric ester groups is 1. The van der Waals surface area contributed by atoms with E-state index in [2.05, 4.69) is 4.52 Å². The number of aliphatic hydroxyl groups is 13. The molecule has 0 amide bonds. The lowest BCUT2D eigenvalue weighted by molar-refractivity contribution is -0.390. The van der Waals surface area contributed by atoms with Gasteiger partial charge in [-0.2, -0.15) is 0 Å². The first-order chi connectivity index (χ1) is 25.9. The van der Waals surface area contributed by atoms with Crippen LogP contribution in [0.2, 0.25) is 0 Å². The van der Waals surface area contributed by atoms with Crippen LogP contribution in [0, 0.1) is 0 Å². The molecule has 4 fully saturated rings. The molecule has 24 atom stereocenters. The third-order valence-corrected chi connectivity index (χ3v) is 10.5. The molecule has 0 bridgehead atoms. The number of hydrogen-bond acceptors (Lipinski definition) is 23. The smallest absolute Gasteiger partial charge is 0.388 e. The zero-order chi connectivity index (χ0) is 42.1. The topological polar surface area (TPSA) is 404 Å². The summed E-state index contributed by atoms with van der Waals surface area (Å²) in [6.45, 7) is 3.10. The van der Waals surface area contributed by atoms with Crippen LogP contribution in [-0.2, 0) is 47.0 Å². The minimum Gasteiger partial charge on any atom is -0.388 e. The molecule has 4 saturated heterocycles. The molecule has 4 aliphatic rings. The van der Waals surface area contributed by atoms with Crippen LogP contribution in [-0.4, -0.2) is 237 Å². The van der Waals surface area contributed by atoms with Crippen LogP contribution in [0.5, 0.6) is 0 Å². The summed E-state index contributed by atoms with van der Waals surface area (Å²) in [4.78, 5) is 18.1. The molecule has 0 saturated carbocycles. The van der Waals surface area contributed by atoms with E-state index < -0.39 is 168 Å². The van der Waals surface area contributed by atoms with E-state index in [1.807, 2.05) is 0 Å². The Bertz CT molecular complexity index is 1270. The van der Waals surface area contributed by atoms with Crippen LogP contribution < -0.4 is 0 Å². The SMILES string of the molecule is C[C@@H]1O[C@@H](O[C@H]2[C@H](O[C@H]3[C@H](OC[C@H](O)[C@@H](O[C@@H]4O[C@@H](C)[C@H](O)[C@@H](O)[C@H]4O)[C@H](O)[C@H](O)COP(=O)(O)O)O[C@@H](C)[C@H](O)[C@H]3O)O[C@@H](C)[C@H](O)[C@H]2O)[C@H](O)[C@H](O)[C@H]1O. The largest absolute Gasteiger partial charge is 0.469 e. The predicted octanol–water partition coefficient (Wildman–Crippen LogP) is -8.06. The van der Waals surface area contributed by atoms with Gasteiger partial charge in [0.2, 0.25) is 0 Å². The first kappa shape index (κ1) is 47.9. The minimum absolute atomic E-state index is 0.985. The lowest BCUT2D eigenvalue weighted by Gasteiger charge is -2.48. The van der Waals surface area contributed by atoms with Gasteiger partial charge in [0.15, 0.2) is 25.2 Å². The second-order valence-electron chi connectivity index (χ2n) is 14.3. The molecule has 0 aromatic heterocycles. The standard InChI is InChI=1S/C30H55O25P/c1-7-13(33)18(38)22(42)27(49-7)53-24(17(37)11(31)6-48-56(44,45)46)12(32)5-47-29-25(20(40)15(35)9(3)51-29)55-30-26(21(41)16(36)10(4)52-30)54-28-23(43)19(39)14(34)8(2)50-28/h7-43H,5-6H2,1-4H3,(H2,44,45,46)/t7-,8-,9-,10-,11+,12-,13-,14-,15-,16-,17+,18+,19+,20+,21+,22+,23+,24+,25+,26+,27-,28-,29+,30-/m0/s1. The summed E-state index contributed by atoms with van der Waals surface area (Å²) in [5, 5.41) is 138. The lowest BCUT2D eigenvalue weighted by Crippen LogP contribution is -2.65. The second-order valence-corrected chi connectivity index (χ2v) is 15.5. The Hall–Kier alpha value is -0.730. The van der Waals surface area contributed by atoms with Crippen molar-refractivity contribution in [2.75, 3.05) is 13.2 Å². The summed E-state index contributed by atoms with van der Waals surface area (Å²) in [7, 11) is -5.18. The molecular formula is C30H55O25P. The maximum absolute atomic E-state index is 11.2. The normalized spacial score (nSPS) is 47.6. The summed E-state index contributed by atoms with van der Waals surface area (Å²) in [5.41, 5.74) is 0. The van der Waals surface area contributed by atoms with Crippen LogP contribution in [0.25, 0.3) is 0 Å². The Labute approximate surface area is 319 Å². The highest BCUT2D eigenvalue weighted by molar-refractivity contribution is 7.46. The molecule has 0 aromatic carbocycles. The van der Waals surface area contributed by atoms with Crippen LogP contribution in [0.1, 0.15) is 27.7 Å². The molecule has 4 rings (SSSR count). The molecule has 0 aliphatic carbocycles. The molecule has 4 heterocycles. The van der Waals surface area contributed by atoms with E-state index in [0.29, 0.717) is 0 Å². The summed E-state index contributed by atoms with van der Waals surface area (Å²) in [6, 6.07) is 0. The zero-order valence-corrected chi connectivity index (χ0v) is 31.4. The van der Waals surface area contributed by atoms with Crippen molar-refractivity contribution in [2.24, 2.45) is 0 Å². The third-order valence-electron chi connectivity index (χ3n) is 10.0. The summed E-state index contributed by atoms with van der Waals surface area (Å²) in [6.07, 6.45) is -41.8. The van der Waals surface area contributed by atoms with Crippen LogP contribution >= 0.6 is 7.82 Å². The van der Waals surface area contributed by atoms with E-state index in [-0.39, 0.29) is 0 Å². The molecule has 4 aliphatic heterocycles. The second kappa shape index (κ2) is 19.8. The fraction of sp³-hybridized carbons (Fsp3) is 1.00. The number of aliphatic hydroxyl groups excluding tert-OH is 13. The minimum atomic E-state index is -5.18. The first-order valence-electron chi connectivity index (χ1n) is 17.7. The Balaban J connectivity index is 1.56. The zero-order valence-electron chi connectivity index (χ0n) is 30.5. The van der Waals surface area contributed by atoms with Crippen LogP contribution in [0.15, 0.2) is 0 Å². The Morgan fingerprint density at radius 3 is 1.39 bits per heavy atom. The van der Waals surface area contributed by atoms with Gasteiger partial charge >= 0.3 is 7.82 Å². The van der Waals surface area contributed by atoms with Crippen LogP contribution in [0.3, 0.4) is 0 Å². The fourth-order valence-corrected chi connectivity index (χ4v) is 6.78. The third kappa shape index (κ3) is 11.1. The van der Waals surface area contributed by atoms with Crippen molar-refractivity contribution in [1.82, 2.24) is 0 Å². The molecular weight excluding hydrogens is 791 g/mol. The van der Waals surface area contributed by atoms with Gasteiger partial charge in [-0.3, -0.25) is 4.52 Å². The van der Waals surface area contributed by atoms with E-state index >= 15 is 0 Å². The highest BCUT2D eigenvalue weighted by Gasteiger charge is 2.53. The van der Waals surface area contributed by atoms with Crippen molar-refractivity contribution >= 4 is 7.82 Å². The summed E-state index contributed by atoms with van der Waals surface area (Å²) >= 11 is 0. The van der Waals surface area contributed by atoms with Gasteiger partial charge in [0.25, 0.3) is 0 Å². The van der Waals surface area contributed by atoms with Crippen molar-refractivity contribution in [3.8, 4) is 0 Å². The lowest BCUT2D eigenvalue weighted by atomic mass is 9.97. The molecule has 330 valence electrons. The van der Waals surface area contributed by atoms with Gasteiger partial charge in [-0.05, 0) is 27.7 Å². The van der Waals surface area contributed by atoms with Gasteiger partial charge in [0.1, 0.15) is 97.7 Å². The predicted molar refractivity (Wildman–Crippen MR) is 174 cm³/mol. The highest BCUT2D eigenvalue weighted by Crippen LogP contribution is 2.37. The molecule has 0 radical (unpaired) electrons. The maximum Gasteiger partial charge on any atom is 0.469 e. The van der Waals surface area contributed by atoms with E-state index in [1.54, 1.807) is 0 Å². The van der Waals surface area contributed by atoms with E-state index in [9.17, 15) is 70.9 Å². The fourth-order valence-electron chi connectivity index (χ4n) is 6.43. The van der Waals surface area contributed by atoms with Gasteiger partial charge in [0, 0.05) is 0 Å². The monoisotopic (exact) mass is 846 g/mol. The van der Waals surface area contributed by atoms with E-state index in [1.165, 1.54) is 27.7 Å². The van der Waals surface area contributed by atoms with Crippen molar-refractivity contribution in [3.63, 3.8) is 0 Å². The Kier molecular flexibility index (Phi) is 16.9. The molecule has 15 N–H and O–H groups in total. The van der Waals surface area contributed by atoms with Crippen molar-refractivity contribution < 1.29 is 123 Å². The average molecular weight is 847 g/mol. The van der Waals surface area contributed by atoms with Crippen molar-refractivity contribution in [1.29, 1.82) is 0 Å². The summed E-state index contributed by atoms with van der Waals surface area (Å²) < 4.78 is 60.4. The maximum atomic E-state index is 11.2. The molecule has 0 spiro atoms. The van der Waals surface area contributed by atoms with Gasteiger partial charge in [-0.25, -0.2) is 4.57 Å². The number of rotatable bonds is 15. The van der Waals surface area contributed by atoms with E-state index in [0.717, 1.165) is 0 Å². The number of phosphoric acid groups is 1. The van der Waals surface area contributed by atoms with Crippen LogP contribution in [0.4, 0.5) is 0 Å². The number of ether oxygens (including phenoxy) is 8. The summed E-state index contributed by atoms with van der Waals surface area (Å²) in [5.74, 6) is 0. The van der Waals surface area contributed by atoms with Gasteiger partial charge in [-0.15, -0.1) is 0 Å². The first-order valence-corrected chi connectivity index (χ1v) is 19.2. The highest BCUT2D eigenvalue weighted by atomic mass is 31.2. The van der Waals surface area contributed by atoms with Gasteiger partial charge < -0.3 is 114 Å². The Morgan fingerprint density at radius 1 is 0.500 bits per heavy atom. The van der Waals surface area contributed by atoms with Crippen molar-refractivity contribution in [2.45, 2.75) is 175 Å². The quantitative estimate of drug-likeness (QED) is 0.0681. The average Bonchev–Trinajstić information content (AvgIpc) is 3.14.